The smallest absolute Gasteiger partial charge is 0.140 e. The van der Waals surface area contributed by atoms with Gasteiger partial charge in [-0.05, 0) is 43.4 Å². The fourth-order valence-corrected chi connectivity index (χ4v) is 2.76. The van der Waals surface area contributed by atoms with Crippen molar-refractivity contribution in [3.05, 3.63) is 29.8 Å². The van der Waals surface area contributed by atoms with Gasteiger partial charge in [0.2, 0.25) is 0 Å². The number of ketones is 1. The van der Waals surface area contributed by atoms with Crippen LogP contribution in [0, 0.1) is 5.92 Å². The van der Waals surface area contributed by atoms with E-state index in [9.17, 15) is 4.79 Å². The SMILES string of the molecule is CCOc1ccc([C@@H]2CC[C@@H](CC)CC2=O)cc1. The van der Waals surface area contributed by atoms with Gasteiger partial charge in [-0.3, -0.25) is 4.79 Å². The van der Waals surface area contributed by atoms with Gasteiger partial charge in [-0.15, -0.1) is 0 Å². The highest BCUT2D eigenvalue weighted by atomic mass is 16.5. The van der Waals surface area contributed by atoms with Gasteiger partial charge in [0.1, 0.15) is 11.5 Å². The average molecular weight is 246 g/mol. The number of hydrogen-bond acceptors (Lipinski definition) is 2. The van der Waals surface area contributed by atoms with Gasteiger partial charge < -0.3 is 4.74 Å². The van der Waals surface area contributed by atoms with Crippen LogP contribution in [0.4, 0.5) is 0 Å². The van der Waals surface area contributed by atoms with Crippen LogP contribution < -0.4 is 4.74 Å². The van der Waals surface area contributed by atoms with Crippen molar-refractivity contribution in [1.29, 1.82) is 0 Å². The lowest BCUT2D eigenvalue weighted by Gasteiger charge is -2.26. The summed E-state index contributed by atoms with van der Waals surface area (Å²) in [5, 5.41) is 0. The van der Waals surface area contributed by atoms with E-state index in [0.717, 1.165) is 30.6 Å². The number of ether oxygens (including phenoxy) is 1. The van der Waals surface area contributed by atoms with Crippen molar-refractivity contribution < 1.29 is 9.53 Å². The molecule has 1 aromatic rings. The Morgan fingerprint density at radius 3 is 2.44 bits per heavy atom. The number of rotatable bonds is 4. The molecule has 0 radical (unpaired) electrons. The van der Waals surface area contributed by atoms with Gasteiger partial charge >= 0.3 is 0 Å². The molecule has 0 N–H and O–H groups in total. The zero-order valence-corrected chi connectivity index (χ0v) is 11.3. The van der Waals surface area contributed by atoms with Gasteiger partial charge in [-0.1, -0.05) is 25.5 Å². The Kier molecular flexibility index (Phi) is 4.40. The van der Waals surface area contributed by atoms with Crippen LogP contribution in [0.25, 0.3) is 0 Å². The highest BCUT2D eigenvalue weighted by Gasteiger charge is 2.28. The molecule has 0 aromatic heterocycles. The van der Waals surface area contributed by atoms with E-state index in [4.69, 9.17) is 4.74 Å². The maximum Gasteiger partial charge on any atom is 0.140 e. The van der Waals surface area contributed by atoms with E-state index in [2.05, 4.69) is 6.92 Å². The first-order valence-electron chi connectivity index (χ1n) is 7.00. The summed E-state index contributed by atoms with van der Waals surface area (Å²) < 4.78 is 5.42. The molecule has 1 aliphatic rings. The molecule has 0 heterocycles. The fraction of sp³-hybridized carbons (Fsp3) is 0.562. The number of hydrogen-bond donors (Lipinski definition) is 0. The van der Waals surface area contributed by atoms with E-state index in [1.165, 1.54) is 6.42 Å². The minimum Gasteiger partial charge on any atom is -0.494 e. The topological polar surface area (TPSA) is 26.3 Å². The molecule has 0 aliphatic heterocycles. The first-order chi connectivity index (χ1) is 8.74. The first kappa shape index (κ1) is 13.1. The zero-order chi connectivity index (χ0) is 13.0. The van der Waals surface area contributed by atoms with Gasteiger partial charge in [0.15, 0.2) is 0 Å². The Morgan fingerprint density at radius 1 is 1.17 bits per heavy atom. The molecule has 1 fully saturated rings. The Bertz CT molecular complexity index is 394. The Hall–Kier alpha value is -1.31. The molecular weight excluding hydrogens is 224 g/mol. The van der Waals surface area contributed by atoms with E-state index in [1.54, 1.807) is 0 Å². The van der Waals surface area contributed by atoms with Crippen molar-refractivity contribution in [2.24, 2.45) is 5.92 Å². The van der Waals surface area contributed by atoms with Crippen molar-refractivity contribution in [1.82, 2.24) is 0 Å². The molecule has 1 aliphatic carbocycles. The van der Waals surface area contributed by atoms with E-state index in [1.807, 2.05) is 31.2 Å². The fourth-order valence-electron chi connectivity index (χ4n) is 2.76. The summed E-state index contributed by atoms with van der Waals surface area (Å²) in [4.78, 5) is 12.1. The second-order valence-corrected chi connectivity index (χ2v) is 5.08. The van der Waals surface area contributed by atoms with Crippen LogP contribution in [0.5, 0.6) is 5.75 Å². The van der Waals surface area contributed by atoms with Crippen LogP contribution >= 0.6 is 0 Å². The molecule has 2 heteroatoms. The molecule has 1 saturated carbocycles. The largest absolute Gasteiger partial charge is 0.494 e. The predicted molar refractivity (Wildman–Crippen MR) is 73.0 cm³/mol. The minimum absolute atomic E-state index is 0.114. The third-order valence-electron chi connectivity index (χ3n) is 3.91. The Morgan fingerprint density at radius 2 is 1.89 bits per heavy atom. The summed E-state index contributed by atoms with van der Waals surface area (Å²) in [6, 6.07) is 8.02. The van der Waals surface area contributed by atoms with Crippen LogP contribution in [0.2, 0.25) is 0 Å². The van der Waals surface area contributed by atoms with Gasteiger partial charge in [-0.25, -0.2) is 0 Å². The molecule has 0 saturated heterocycles. The summed E-state index contributed by atoms with van der Waals surface area (Å²) in [6.07, 6.45) is 4.07. The quantitative estimate of drug-likeness (QED) is 0.804. The van der Waals surface area contributed by atoms with E-state index in [0.29, 0.717) is 18.3 Å². The molecule has 2 nitrogen and oxygen atoms in total. The molecular formula is C16H22O2. The summed E-state index contributed by atoms with van der Waals surface area (Å²) in [5.41, 5.74) is 1.15. The highest BCUT2D eigenvalue weighted by molar-refractivity contribution is 5.86. The second kappa shape index (κ2) is 6.03. The molecule has 0 unspecified atom stereocenters. The summed E-state index contributed by atoms with van der Waals surface area (Å²) >= 11 is 0. The normalized spacial score (nSPS) is 24.0. The Labute approximate surface area is 109 Å². The first-order valence-corrected chi connectivity index (χ1v) is 7.00. The van der Waals surface area contributed by atoms with Crippen molar-refractivity contribution in [3.63, 3.8) is 0 Å². The van der Waals surface area contributed by atoms with Gasteiger partial charge in [-0.2, -0.15) is 0 Å². The number of Topliss-reactive ketones (excluding diaryl/α,β-unsaturated/α-hetero) is 1. The van der Waals surface area contributed by atoms with E-state index < -0.39 is 0 Å². The molecule has 2 atom stereocenters. The molecule has 98 valence electrons. The lowest BCUT2D eigenvalue weighted by atomic mass is 9.77. The van der Waals surface area contributed by atoms with Crippen LogP contribution in [0.3, 0.4) is 0 Å². The molecule has 0 spiro atoms. The second-order valence-electron chi connectivity index (χ2n) is 5.08. The lowest BCUT2D eigenvalue weighted by Crippen LogP contribution is -2.23. The van der Waals surface area contributed by atoms with Crippen LogP contribution in [0.15, 0.2) is 24.3 Å². The maximum absolute atomic E-state index is 12.1. The van der Waals surface area contributed by atoms with Crippen molar-refractivity contribution in [3.8, 4) is 5.75 Å². The van der Waals surface area contributed by atoms with Gasteiger partial charge in [0.25, 0.3) is 0 Å². The Balaban J connectivity index is 2.05. The van der Waals surface area contributed by atoms with Crippen molar-refractivity contribution in [2.75, 3.05) is 6.61 Å². The third-order valence-corrected chi connectivity index (χ3v) is 3.91. The highest BCUT2D eigenvalue weighted by Crippen LogP contribution is 2.34. The summed E-state index contributed by atoms with van der Waals surface area (Å²) in [5.74, 6) is 2.02. The number of benzene rings is 1. The maximum atomic E-state index is 12.1. The summed E-state index contributed by atoms with van der Waals surface area (Å²) in [7, 11) is 0. The van der Waals surface area contributed by atoms with Crippen LogP contribution in [0.1, 0.15) is 51.0 Å². The zero-order valence-electron chi connectivity index (χ0n) is 11.3. The van der Waals surface area contributed by atoms with Gasteiger partial charge in [0, 0.05) is 12.3 Å². The van der Waals surface area contributed by atoms with E-state index in [-0.39, 0.29) is 5.92 Å². The molecule has 0 bridgehead atoms. The van der Waals surface area contributed by atoms with Crippen LogP contribution in [-0.4, -0.2) is 12.4 Å². The third kappa shape index (κ3) is 2.92. The lowest BCUT2D eigenvalue weighted by molar-refractivity contribution is -0.123. The predicted octanol–water partition coefficient (Wildman–Crippen LogP) is 3.95. The summed E-state index contributed by atoms with van der Waals surface area (Å²) in [6.45, 7) is 4.83. The van der Waals surface area contributed by atoms with Gasteiger partial charge in [0.05, 0.1) is 6.61 Å². The number of carbonyl (C=O) groups is 1. The standard InChI is InChI=1S/C16H22O2/c1-3-12-5-10-15(16(17)11-12)13-6-8-14(9-7-13)18-4-2/h6-9,12,15H,3-5,10-11H2,1-2H3/t12-,15+/m1/s1. The van der Waals surface area contributed by atoms with Crippen molar-refractivity contribution >= 4 is 5.78 Å². The number of carbonyl (C=O) groups excluding carboxylic acids is 1. The monoisotopic (exact) mass is 246 g/mol. The van der Waals surface area contributed by atoms with E-state index >= 15 is 0 Å². The average Bonchev–Trinajstić information content (AvgIpc) is 2.40. The van der Waals surface area contributed by atoms with Crippen molar-refractivity contribution in [2.45, 2.75) is 45.4 Å². The molecule has 2 rings (SSSR count). The molecule has 1 aromatic carbocycles. The molecule has 18 heavy (non-hydrogen) atoms. The minimum atomic E-state index is 0.114. The molecule has 0 amide bonds. The van der Waals surface area contributed by atoms with Crippen LogP contribution in [-0.2, 0) is 4.79 Å².